The van der Waals surface area contributed by atoms with Gasteiger partial charge in [0.05, 0.1) is 6.61 Å². The number of ether oxygens (including phenoxy) is 1. The van der Waals surface area contributed by atoms with Crippen molar-refractivity contribution in [3.8, 4) is 5.75 Å². The van der Waals surface area contributed by atoms with E-state index in [1.807, 2.05) is 19.1 Å². The minimum absolute atomic E-state index is 0.195. The summed E-state index contributed by atoms with van der Waals surface area (Å²) >= 11 is 0. The second kappa shape index (κ2) is 7.36. The van der Waals surface area contributed by atoms with Crippen LogP contribution in [-0.2, 0) is 4.79 Å². The number of carbonyl (C=O) groups is 1. The predicted molar refractivity (Wildman–Crippen MR) is 81.6 cm³/mol. The predicted octanol–water partition coefficient (Wildman–Crippen LogP) is 4.02. The topological polar surface area (TPSA) is 38.3 Å². The standard InChI is InChI=1S/C17H15F2NO2/c1-2-22-14-7-3-12(4-8-14)5-10-17(21)20-13-6-9-15(18)16(19)11-13/h3-11H,2H2,1H3,(H,20,21)/b10-5+. The van der Waals surface area contributed by atoms with Crippen LogP contribution in [-0.4, -0.2) is 12.5 Å². The van der Waals surface area contributed by atoms with E-state index in [9.17, 15) is 13.6 Å². The fraction of sp³-hybridized carbons (Fsp3) is 0.118. The lowest BCUT2D eigenvalue weighted by atomic mass is 10.2. The van der Waals surface area contributed by atoms with Gasteiger partial charge in [0, 0.05) is 17.8 Å². The van der Waals surface area contributed by atoms with E-state index in [-0.39, 0.29) is 5.69 Å². The summed E-state index contributed by atoms with van der Waals surface area (Å²) in [4.78, 5) is 11.7. The molecule has 2 rings (SSSR count). The maximum atomic E-state index is 13.0. The lowest BCUT2D eigenvalue weighted by Crippen LogP contribution is -2.08. The smallest absolute Gasteiger partial charge is 0.248 e. The van der Waals surface area contributed by atoms with E-state index in [1.54, 1.807) is 18.2 Å². The Morgan fingerprint density at radius 1 is 1.14 bits per heavy atom. The SMILES string of the molecule is CCOc1ccc(/C=C/C(=O)Nc2ccc(F)c(F)c2)cc1. The molecule has 0 atom stereocenters. The summed E-state index contributed by atoms with van der Waals surface area (Å²) in [6.45, 7) is 2.49. The Labute approximate surface area is 127 Å². The van der Waals surface area contributed by atoms with Crippen molar-refractivity contribution in [2.75, 3.05) is 11.9 Å². The van der Waals surface area contributed by atoms with Crippen LogP contribution in [0, 0.1) is 11.6 Å². The van der Waals surface area contributed by atoms with E-state index in [1.165, 1.54) is 12.1 Å². The largest absolute Gasteiger partial charge is 0.494 e. The lowest BCUT2D eigenvalue weighted by molar-refractivity contribution is -0.111. The average Bonchev–Trinajstić information content (AvgIpc) is 2.51. The first-order valence-corrected chi connectivity index (χ1v) is 6.75. The first-order chi connectivity index (χ1) is 10.6. The Hall–Kier alpha value is -2.69. The number of hydrogen-bond donors (Lipinski definition) is 1. The van der Waals surface area contributed by atoms with E-state index in [0.717, 1.165) is 23.4 Å². The van der Waals surface area contributed by atoms with Crippen molar-refractivity contribution >= 4 is 17.7 Å². The number of amides is 1. The molecule has 0 saturated carbocycles. The van der Waals surface area contributed by atoms with E-state index in [2.05, 4.69) is 5.32 Å². The monoisotopic (exact) mass is 303 g/mol. The number of hydrogen-bond acceptors (Lipinski definition) is 2. The molecule has 1 N–H and O–H groups in total. The molecule has 0 aromatic heterocycles. The average molecular weight is 303 g/mol. The molecule has 0 aliphatic heterocycles. The third-order valence-electron chi connectivity index (χ3n) is 2.81. The highest BCUT2D eigenvalue weighted by molar-refractivity contribution is 6.01. The summed E-state index contributed by atoms with van der Waals surface area (Å²) in [6, 6.07) is 10.4. The molecule has 0 fully saturated rings. The summed E-state index contributed by atoms with van der Waals surface area (Å²) in [5, 5.41) is 2.45. The normalized spacial score (nSPS) is 10.7. The number of nitrogens with one attached hydrogen (secondary N) is 1. The highest BCUT2D eigenvalue weighted by atomic mass is 19.2. The molecule has 0 spiro atoms. The van der Waals surface area contributed by atoms with Crippen LogP contribution in [0.2, 0.25) is 0 Å². The number of anilines is 1. The number of rotatable bonds is 5. The van der Waals surface area contributed by atoms with Crippen LogP contribution in [0.15, 0.2) is 48.5 Å². The molecule has 0 radical (unpaired) electrons. The molecule has 2 aromatic carbocycles. The Morgan fingerprint density at radius 2 is 1.86 bits per heavy atom. The first kappa shape index (κ1) is 15.7. The minimum Gasteiger partial charge on any atom is -0.494 e. The summed E-state index contributed by atoms with van der Waals surface area (Å²) in [6.07, 6.45) is 2.93. The molecule has 0 unspecified atom stereocenters. The third kappa shape index (κ3) is 4.41. The van der Waals surface area contributed by atoms with Crippen LogP contribution in [0.1, 0.15) is 12.5 Å². The van der Waals surface area contributed by atoms with Gasteiger partial charge in [-0.2, -0.15) is 0 Å². The van der Waals surface area contributed by atoms with Gasteiger partial charge in [0.15, 0.2) is 11.6 Å². The molecule has 1 amide bonds. The highest BCUT2D eigenvalue weighted by Gasteiger charge is 2.04. The van der Waals surface area contributed by atoms with Gasteiger partial charge in [-0.3, -0.25) is 4.79 Å². The maximum absolute atomic E-state index is 13.0. The van der Waals surface area contributed by atoms with Gasteiger partial charge in [0.25, 0.3) is 0 Å². The van der Waals surface area contributed by atoms with Crippen molar-refractivity contribution in [1.82, 2.24) is 0 Å². The van der Waals surface area contributed by atoms with Crippen molar-refractivity contribution in [3.05, 3.63) is 65.7 Å². The highest BCUT2D eigenvalue weighted by Crippen LogP contribution is 2.14. The molecule has 0 saturated heterocycles. The van der Waals surface area contributed by atoms with E-state index in [4.69, 9.17) is 4.74 Å². The molecule has 0 bridgehead atoms. The van der Waals surface area contributed by atoms with Gasteiger partial charge < -0.3 is 10.1 Å². The van der Waals surface area contributed by atoms with Crippen molar-refractivity contribution in [2.45, 2.75) is 6.92 Å². The first-order valence-electron chi connectivity index (χ1n) is 6.75. The van der Waals surface area contributed by atoms with Gasteiger partial charge in [0.2, 0.25) is 5.91 Å². The summed E-state index contributed by atoms with van der Waals surface area (Å²) in [5.41, 5.74) is 1.02. The van der Waals surface area contributed by atoms with Crippen molar-refractivity contribution < 1.29 is 18.3 Å². The zero-order valence-electron chi connectivity index (χ0n) is 12.0. The molecular weight excluding hydrogens is 288 g/mol. The zero-order chi connectivity index (χ0) is 15.9. The van der Waals surface area contributed by atoms with Gasteiger partial charge in [-0.25, -0.2) is 8.78 Å². The fourth-order valence-corrected chi connectivity index (χ4v) is 1.77. The Kier molecular flexibility index (Phi) is 5.25. The summed E-state index contributed by atoms with van der Waals surface area (Å²) in [7, 11) is 0. The summed E-state index contributed by atoms with van der Waals surface area (Å²) in [5.74, 6) is -1.64. The quantitative estimate of drug-likeness (QED) is 0.847. The molecule has 22 heavy (non-hydrogen) atoms. The second-order valence-corrected chi connectivity index (χ2v) is 4.45. The Bertz CT molecular complexity index is 682. The molecule has 3 nitrogen and oxygen atoms in total. The lowest BCUT2D eigenvalue weighted by Gasteiger charge is -2.03. The molecule has 5 heteroatoms. The van der Waals surface area contributed by atoms with Gasteiger partial charge in [-0.05, 0) is 42.8 Å². The van der Waals surface area contributed by atoms with Crippen LogP contribution < -0.4 is 10.1 Å². The molecular formula is C17H15F2NO2. The zero-order valence-corrected chi connectivity index (χ0v) is 12.0. The number of benzene rings is 2. The summed E-state index contributed by atoms with van der Waals surface area (Å²) < 4.78 is 31.1. The van der Waals surface area contributed by atoms with Crippen LogP contribution in [0.3, 0.4) is 0 Å². The number of carbonyl (C=O) groups excluding carboxylic acids is 1. The van der Waals surface area contributed by atoms with Gasteiger partial charge in [-0.1, -0.05) is 12.1 Å². The van der Waals surface area contributed by atoms with E-state index < -0.39 is 17.5 Å². The minimum atomic E-state index is -1.01. The van der Waals surface area contributed by atoms with Crippen molar-refractivity contribution in [2.24, 2.45) is 0 Å². The van der Waals surface area contributed by atoms with Crippen LogP contribution in [0.5, 0.6) is 5.75 Å². The Morgan fingerprint density at radius 3 is 2.50 bits per heavy atom. The third-order valence-corrected chi connectivity index (χ3v) is 2.81. The fourth-order valence-electron chi connectivity index (χ4n) is 1.77. The molecule has 114 valence electrons. The van der Waals surface area contributed by atoms with Crippen LogP contribution in [0.25, 0.3) is 6.08 Å². The van der Waals surface area contributed by atoms with E-state index >= 15 is 0 Å². The second-order valence-electron chi connectivity index (χ2n) is 4.45. The Balaban J connectivity index is 1.97. The van der Waals surface area contributed by atoms with E-state index in [0.29, 0.717) is 6.61 Å². The molecule has 0 aliphatic rings. The van der Waals surface area contributed by atoms with Gasteiger partial charge in [-0.15, -0.1) is 0 Å². The van der Waals surface area contributed by atoms with Gasteiger partial charge >= 0.3 is 0 Å². The number of halogens is 2. The van der Waals surface area contributed by atoms with Crippen LogP contribution >= 0.6 is 0 Å². The maximum Gasteiger partial charge on any atom is 0.248 e. The molecule has 0 heterocycles. The van der Waals surface area contributed by atoms with Gasteiger partial charge in [0.1, 0.15) is 5.75 Å². The molecule has 2 aromatic rings. The van der Waals surface area contributed by atoms with Crippen LogP contribution in [0.4, 0.5) is 14.5 Å². The van der Waals surface area contributed by atoms with Crippen molar-refractivity contribution in [1.29, 1.82) is 0 Å². The molecule has 0 aliphatic carbocycles. The van der Waals surface area contributed by atoms with Crippen molar-refractivity contribution in [3.63, 3.8) is 0 Å².